The summed E-state index contributed by atoms with van der Waals surface area (Å²) >= 11 is 0. The van der Waals surface area contributed by atoms with E-state index < -0.39 is 0 Å². The van der Waals surface area contributed by atoms with Crippen LogP contribution in [0.3, 0.4) is 0 Å². The van der Waals surface area contributed by atoms with Crippen LogP contribution in [-0.4, -0.2) is 41.4 Å². The van der Waals surface area contributed by atoms with Crippen molar-refractivity contribution in [3.63, 3.8) is 0 Å². The number of aromatic nitrogens is 2. The van der Waals surface area contributed by atoms with Gasteiger partial charge < -0.3 is 10.5 Å². The topological polar surface area (TPSA) is 56.3 Å². The van der Waals surface area contributed by atoms with E-state index in [-0.39, 0.29) is 0 Å². The zero-order valence-electron chi connectivity index (χ0n) is 13.2. The monoisotopic (exact) mass is 280 g/mol. The van der Waals surface area contributed by atoms with Crippen LogP contribution in [0, 0.1) is 12.8 Å². The molecule has 20 heavy (non-hydrogen) atoms. The quantitative estimate of drug-likeness (QED) is 0.891. The van der Waals surface area contributed by atoms with E-state index in [4.69, 9.17) is 10.5 Å². The fourth-order valence-electron chi connectivity index (χ4n) is 3.53. The number of methoxy groups -OCH3 is 1. The summed E-state index contributed by atoms with van der Waals surface area (Å²) in [5.41, 5.74) is 8.19. The van der Waals surface area contributed by atoms with Gasteiger partial charge in [-0.2, -0.15) is 5.10 Å². The minimum atomic E-state index is 0.582. The molecule has 5 nitrogen and oxygen atoms in total. The van der Waals surface area contributed by atoms with Crippen molar-refractivity contribution in [2.45, 2.75) is 45.2 Å². The Hall–Kier alpha value is -1.07. The second-order valence-electron chi connectivity index (χ2n) is 5.96. The summed E-state index contributed by atoms with van der Waals surface area (Å²) in [7, 11) is 5.84. The van der Waals surface area contributed by atoms with Crippen molar-refractivity contribution in [3.05, 3.63) is 11.3 Å². The van der Waals surface area contributed by atoms with E-state index in [1.807, 2.05) is 18.7 Å². The third kappa shape index (κ3) is 2.99. The van der Waals surface area contributed by atoms with Crippen molar-refractivity contribution in [1.82, 2.24) is 14.7 Å². The smallest absolute Gasteiger partial charge is 0.216 e. The van der Waals surface area contributed by atoms with Crippen molar-refractivity contribution in [1.29, 1.82) is 0 Å². The molecule has 2 unspecified atom stereocenters. The molecular weight excluding hydrogens is 252 g/mol. The Balaban J connectivity index is 2.12. The lowest BCUT2D eigenvalue weighted by Crippen LogP contribution is -2.42. The molecule has 5 heteroatoms. The van der Waals surface area contributed by atoms with Gasteiger partial charge in [-0.05, 0) is 39.3 Å². The Labute approximate surface area is 122 Å². The van der Waals surface area contributed by atoms with Crippen LogP contribution in [0.25, 0.3) is 0 Å². The molecule has 1 aromatic rings. The van der Waals surface area contributed by atoms with Gasteiger partial charge in [-0.3, -0.25) is 4.90 Å². The molecule has 1 heterocycles. The van der Waals surface area contributed by atoms with E-state index in [1.54, 1.807) is 7.11 Å². The maximum atomic E-state index is 5.95. The van der Waals surface area contributed by atoms with Crippen LogP contribution in [0.15, 0.2) is 0 Å². The highest BCUT2D eigenvalue weighted by atomic mass is 16.5. The number of hydrogen-bond acceptors (Lipinski definition) is 4. The minimum absolute atomic E-state index is 0.582. The Morgan fingerprint density at radius 3 is 2.75 bits per heavy atom. The Bertz CT molecular complexity index is 443. The molecule has 2 atom stereocenters. The first kappa shape index (κ1) is 15.3. The van der Waals surface area contributed by atoms with Crippen molar-refractivity contribution in [3.8, 4) is 5.88 Å². The van der Waals surface area contributed by atoms with Gasteiger partial charge in [0.2, 0.25) is 5.88 Å². The van der Waals surface area contributed by atoms with Gasteiger partial charge >= 0.3 is 0 Å². The predicted molar refractivity (Wildman–Crippen MR) is 80.8 cm³/mol. The highest BCUT2D eigenvalue weighted by Crippen LogP contribution is 2.30. The summed E-state index contributed by atoms with van der Waals surface area (Å²) in [6.07, 6.45) is 5.14. The summed E-state index contributed by atoms with van der Waals surface area (Å²) in [5.74, 6) is 1.49. The maximum Gasteiger partial charge on any atom is 0.216 e. The van der Waals surface area contributed by atoms with E-state index in [9.17, 15) is 0 Å². The number of ether oxygens (including phenoxy) is 1. The van der Waals surface area contributed by atoms with Gasteiger partial charge in [0.1, 0.15) is 0 Å². The van der Waals surface area contributed by atoms with E-state index in [2.05, 4.69) is 17.0 Å². The minimum Gasteiger partial charge on any atom is -0.481 e. The summed E-state index contributed by atoms with van der Waals surface area (Å²) in [4.78, 5) is 2.43. The van der Waals surface area contributed by atoms with E-state index in [0.29, 0.717) is 12.0 Å². The normalized spacial score (nSPS) is 23.3. The molecule has 0 radical (unpaired) electrons. The molecule has 1 fully saturated rings. The molecule has 0 amide bonds. The molecule has 0 saturated heterocycles. The number of nitrogens with zero attached hydrogens (tertiary/aromatic N) is 3. The Morgan fingerprint density at radius 2 is 2.10 bits per heavy atom. The molecule has 1 aromatic heterocycles. The summed E-state index contributed by atoms with van der Waals surface area (Å²) < 4.78 is 7.31. The maximum absolute atomic E-state index is 5.95. The molecule has 0 bridgehead atoms. The van der Waals surface area contributed by atoms with Crippen molar-refractivity contribution < 1.29 is 4.74 Å². The molecule has 0 aliphatic heterocycles. The van der Waals surface area contributed by atoms with Gasteiger partial charge in [-0.1, -0.05) is 12.8 Å². The first-order valence-corrected chi connectivity index (χ1v) is 7.55. The number of aryl methyl sites for hydroxylation is 2. The second-order valence-corrected chi connectivity index (χ2v) is 5.96. The zero-order chi connectivity index (χ0) is 14.7. The fraction of sp³-hybridized carbons (Fsp3) is 0.800. The second kappa shape index (κ2) is 6.59. The van der Waals surface area contributed by atoms with E-state index in [0.717, 1.165) is 24.7 Å². The number of hydrogen-bond donors (Lipinski definition) is 1. The highest BCUT2D eigenvalue weighted by Gasteiger charge is 2.28. The Morgan fingerprint density at radius 1 is 1.40 bits per heavy atom. The van der Waals surface area contributed by atoms with Gasteiger partial charge in [0, 0.05) is 19.6 Å². The standard InChI is InChI=1S/C15H28N4O/c1-11-13(15(20-4)19(3)17-11)10-18(2)14-8-6-5-7-12(14)9-16/h12,14H,5-10,16H2,1-4H3. The lowest BCUT2D eigenvalue weighted by molar-refractivity contribution is 0.126. The Kier molecular flexibility index (Phi) is 5.05. The molecule has 1 aliphatic rings. The van der Waals surface area contributed by atoms with Crippen LogP contribution in [0.2, 0.25) is 0 Å². The predicted octanol–water partition coefficient (Wildman–Crippen LogP) is 1.69. The zero-order valence-corrected chi connectivity index (χ0v) is 13.2. The first-order chi connectivity index (χ1) is 9.58. The van der Waals surface area contributed by atoms with Gasteiger partial charge in [0.15, 0.2) is 0 Å². The summed E-state index contributed by atoms with van der Waals surface area (Å²) in [6.45, 7) is 3.72. The SMILES string of the molecule is COc1c(CN(C)C2CCCCC2CN)c(C)nn1C. The molecule has 1 aliphatic carbocycles. The molecule has 0 aromatic carbocycles. The fourth-order valence-corrected chi connectivity index (χ4v) is 3.53. The molecular formula is C15H28N4O. The van der Waals surface area contributed by atoms with Crippen LogP contribution < -0.4 is 10.5 Å². The first-order valence-electron chi connectivity index (χ1n) is 7.55. The van der Waals surface area contributed by atoms with Crippen LogP contribution >= 0.6 is 0 Å². The van der Waals surface area contributed by atoms with E-state index in [1.165, 1.54) is 31.2 Å². The average Bonchev–Trinajstić information content (AvgIpc) is 2.72. The molecule has 0 spiro atoms. The highest BCUT2D eigenvalue weighted by molar-refractivity contribution is 5.30. The lowest BCUT2D eigenvalue weighted by atomic mass is 9.83. The number of rotatable bonds is 5. The molecule has 2 rings (SSSR count). The van der Waals surface area contributed by atoms with Gasteiger partial charge in [0.25, 0.3) is 0 Å². The van der Waals surface area contributed by atoms with Crippen molar-refractivity contribution >= 4 is 0 Å². The van der Waals surface area contributed by atoms with Crippen LogP contribution in [0.1, 0.15) is 36.9 Å². The van der Waals surface area contributed by atoms with Gasteiger partial charge in [0.05, 0.1) is 18.4 Å². The number of nitrogens with two attached hydrogens (primary N) is 1. The van der Waals surface area contributed by atoms with Crippen molar-refractivity contribution in [2.75, 3.05) is 20.7 Å². The van der Waals surface area contributed by atoms with Gasteiger partial charge in [-0.15, -0.1) is 0 Å². The molecule has 1 saturated carbocycles. The summed E-state index contributed by atoms with van der Waals surface area (Å²) in [5, 5.41) is 4.46. The van der Waals surface area contributed by atoms with Gasteiger partial charge in [-0.25, -0.2) is 4.68 Å². The van der Waals surface area contributed by atoms with Crippen molar-refractivity contribution in [2.24, 2.45) is 18.7 Å². The molecule has 114 valence electrons. The molecule has 2 N–H and O–H groups in total. The lowest BCUT2D eigenvalue weighted by Gasteiger charge is -2.37. The van der Waals surface area contributed by atoms with Crippen LogP contribution in [0.4, 0.5) is 0 Å². The van der Waals surface area contributed by atoms with Crippen LogP contribution in [0.5, 0.6) is 5.88 Å². The third-order valence-corrected chi connectivity index (χ3v) is 4.63. The van der Waals surface area contributed by atoms with Crippen LogP contribution in [-0.2, 0) is 13.6 Å². The largest absolute Gasteiger partial charge is 0.481 e. The van der Waals surface area contributed by atoms with E-state index >= 15 is 0 Å². The summed E-state index contributed by atoms with van der Waals surface area (Å²) in [6, 6.07) is 0.582. The third-order valence-electron chi connectivity index (χ3n) is 4.63. The average molecular weight is 280 g/mol.